The molecule has 3 aromatic rings. The van der Waals surface area contributed by atoms with Crippen LogP contribution in [0.15, 0.2) is 54.6 Å². The third-order valence-corrected chi connectivity index (χ3v) is 6.75. The highest BCUT2D eigenvalue weighted by Crippen LogP contribution is 2.25. The Morgan fingerprint density at radius 1 is 0.950 bits per heavy atom. The molecule has 2 heterocycles. The molecule has 1 aliphatic rings. The largest absolute Gasteiger partial charge is 0.573 e. The van der Waals surface area contributed by atoms with Gasteiger partial charge in [-0.25, -0.2) is 0 Å². The summed E-state index contributed by atoms with van der Waals surface area (Å²) in [5.74, 6) is -0.846. The Labute approximate surface area is 228 Å². The number of rotatable bonds is 9. The van der Waals surface area contributed by atoms with E-state index in [2.05, 4.69) is 4.74 Å². The topological polar surface area (TPSA) is 107 Å². The van der Waals surface area contributed by atoms with Crippen molar-refractivity contribution in [3.63, 3.8) is 0 Å². The molecule has 0 radical (unpaired) electrons. The van der Waals surface area contributed by atoms with E-state index in [1.807, 2.05) is 4.90 Å². The van der Waals surface area contributed by atoms with Gasteiger partial charge in [-0.3, -0.25) is 19.3 Å². The summed E-state index contributed by atoms with van der Waals surface area (Å²) in [6.07, 6.45) is -4.84. The molecule has 0 saturated carbocycles. The van der Waals surface area contributed by atoms with Crippen LogP contribution < -0.4 is 15.2 Å². The Hall–Kier alpha value is -4.32. The van der Waals surface area contributed by atoms with Gasteiger partial charge in [0.05, 0.1) is 24.9 Å². The van der Waals surface area contributed by atoms with Gasteiger partial charge in [-0.2, -0.15) is 0 Å². The highest BCUT2D eigenvalue weighted by Gasteiger charge is 2.31. The zero-order valence-electron chi connectivity index (χ0n) is 22.0. The number of amides is 2. The van der Waals surface area contributed by atoms with Gasteiger partial charge in [0.15, 0.2) is 5.78 Å². The van der Waals surface area contributed by atoms with E-state index in [4.69, 9.17) is 10.5 Å². The van der Waals surface area contributed by atoms with Crippen LogP contribution in [0.4, 0.5) is 13.2 Å². The molecule has 40 heavy (non-hydrogen) atoms. The van der Waals surface area contributed by atoms with Crippen molar-refractivity contribution >= 4 is 17.6 Å². The summed E-state index contributed by atoms with van der Waals surface area (Å²) in [6.45, 7) is 3.46. The van der Waals surface area contributed by atoms with E-state index in [-0.39, 0.29) is 41.8 Å². The van der Waals surface area contributed by atoms with E-state index >= 15 is 0 Å². The zero-order valence-corrected chi connectivity index (χ0v) is 22.0. The second-order valence-corrected chi connectivity index (χ2v) is 9.39. The third-order valence-electron chi connectivity index (χ3n) is 6.75. The number of methoxy groups -OCH3 is 1. The van der Waals surface area contributed by atoms with Crippen LogP contribution in [0.5, 0.6) is 11.5 Å². The van der Waals surface area contributed by atoms with Gasteiger partial charge in [0.1, 0.15) is 11.5 Å². The van der Waals surface area contributed by atoms with Gasteiger partial charge in [0.2, 0.25) is 0 Å². The van der Waals surface area contributed by atoms with Crippen LogP contribution in [-0.2, 0) is 6.54 Å². The highest BCUT2D eigenvalue weighted by atomic mass is 19.4. The fraction of sp³-hybridized carbons (Fsp3) is 0.321. The SMILES string of the molecule is COc1ccc(C(=O)N2CCN(CC(=O)c3cc(C(N)=O)c(C)n3Cc3cccc(OC(F)(F)F)c3)CC2)cc1. The summed E-state index contributed by atoms with van der Waals surface area (Å²) in [4.78, 5) is 41.9. The molecule has 2 amide bonds. The number of ether oxygens (including phenoxy) is 2. The molecule has 0 aliphatic carbocycles. The Balaban J connectivity index is 1.45. The molecular formula is C28H29F3N4O5. The number of nitrogens with two attached hydrogens (primary N) is 1. The van der Waals surface area contributed by atoms with Crippen molar-refractivity contribution in [1.82, 2.24) is 14.4 Å². The van der Waals surface area contributed by atoms with Crippen LogP contribution in [-0.4, -0.2) is 78.2 Å². The van der Waals surface area contributed by atoms with Crippen molar-refractivity contribution in [3.8, 4) is 11.5 Å². The van der Waals surface area contributed by atoms with E-state index in [1.54, 1.807) is 53.8 Å². The van der Waals surface area contributed by atoms with Crippen LogP contribution in [0.2, 0.25) is 0 Å². The number of hydrogen-bond acceptors (Lipinski definition) is 6. The number of carbonyl (C=O) groups is 3. The second-order valence-electron chi connectivity index (χ2n) is 9.39. The van der Waals surface area contributed by atoms with Gasteiger partial charge in [0, 0.05) is 44.0 Å². The number of benzene rings is 2. The molecular weight excluding hydrogens is 529 g/mol. The first-order chi connectivity index (χ1) is 18.9. The van der Waals surface area contributed by atoms with Gasteiger partial charge < -0.3 is 24.7 Å². The molecule has 0 spiro atoms. The Morgan fingerprint density at radius 3 is 2.23 bits per heavy atom. The van der Waals surface area contributed by atoms with Crippen LogP contribution in [0.1, 0.15) is 42.5 Å². The molecule has 212 valence electrons. The van der Waals surface area contributed by atoms with E-state index in [9.17, 15) is 27.6 Å². The third kappa shape index (κ3) is 6.81. The number of alkyl halides is 3. The van der Waals surface area contributed by atoms with Gasteiger partial charge >= 0.3 is 6.36 Å². The van der Waals surface area contributed by atoms with Gasteiger partial charge in [0.25, 0.3) is 11.8 Å². The van der Waals surface area contributed by atoms with E-state index in [0.717, 1.165) is 0 Å². The van der Waals surface area contributed by atoms with Crippen LogP contribution in [0.3, 0.4) is 0 Å². The number of primary amides is 1. The molecule has 12 heteroatoms. The van der Waals surface area contributed by atoms with E-state index < -0.39 is 12.3 Å². The number of carbonyl (C=O) groups excluding carboxylic acids is 3. The maximum atomic E-state index is 13.4. The molecule has 0 bridgehead atoms. The van der Waals surface area contributed by atoms with Crippen LogP contribution in [0.25, 0.3) is 0 Å². The number of halogens is 3. The molecule has 0 unspecified atom stereocenters. The first-order valence-corrected chi connectivity index (χ1v) is 12.5. The zero-order chi connectivity index (χ0) is 29.0. The average Bonchev–Trinajstić information content (AvgIpc) is 3.24. The molecule has 4 rings (SSSR count). The lowest BCUT2D eigenvalue weighted by molar-refractivity contribution is -0.274. The summed E-state index contributed by atoms with van der Waals surface area (Å²) in [6, 6.07) is 13.7. The summed E-state index contributed by atoms with van der Waals surface area (Å²) in [5.41, 5.74) is 7.29. The van der Waals surface area contributed by atoms with Gasteiger partial charge in [-0.1, -0.05) is 12.1 Å². The van der Waals surface area contributed by atoms with Crippen LogP contribution in [0, 0.1) is 6.92 Å². The van der Waals surface area contributed by atoms with E-state index in [1.165, 1.54) is 24.3 Å². The minimum Gasteiger partial charge on any atom is -0.497 e. The van der Waals surface area contributed by atoms with Crippen molar-refractivity contribution in [2.24, 2.45) is 5.73 Å². The summed E-state index contributed by atoms with van der Waals surface area (Å²) < 4.78 is 48.7. The molecule has 1 aliphatic heterocycles. The first-order valence-electron chi connectivity index (χ1n) is 12.5. The fourth-order valence-corrected chi connectivity index (χ4v) is 4.66. The summed E-state index contributed by atoms with van der Waals surface area (Å²) >= 11 is 0. The number of ketones is 1. The lowest BCUT2D eigenvalue weighted by Gasteiger charge is -2.34. The Bertz CT molecular complexity index is 1390. The predicted octanol–water partition coefficient (Wildman–Crippen LogP) is 3.49. The summed E-state index contributed by atoms with van der Waals surface area (Å²) in [5, 5.41) is 0. The summed E-state index contributed by atoms with van der Waals surface area (Å²) in [7, 11) is 1.55. The second kappa shape index (κ2) is 11.8. The lowest BCUT2D eigenvalue weighted by atomic mass is 10.1. The van der Waals surface area contributed by atoms with Crippen molar-refractivity contribution < 1.29 is 37.0 Å². The highest BCUT2D eigenvalue weighted by molar-refractivity contribution is 6.01. The Kier molecular flexibility index (Phi) is 8.48. The monoisotopic (exact) mass is 558 g/mol. The minimum atomic E-state index is -4.84. The van der Waals surface area contributed by atoms with Gasteiger partial charge in [-0.05, 0) is 55.0 Å². The molecule has 0 atom stereocenters. The number of aromatic nitrogens is 1. The predicted molar refractivity (Wildman–Crippen MR) is 140 cm³/mol. The first kappa shape index (κ1) is 28.7. The number of piperazine rings is 1. The van der Waals surface area contributed by atoms with Crippen LogP contribution >= 0.6 is 0 Å². The van der Waals surface area contributed by atoms with Crippen molar-refractivity contribution in [2.75, 3.05) is 39.8 Å². The normalized spacial score (nSPS) is 14.2. The number of nitrogens with zero attached hydrogens (tertiary/aromatic N) is 3. The van der Waals surface area contributed by atoms with Crippen molar-refractivity contribution in [2.45, 2.75) is 19.8 Å². The average molecular weight is 559 g/mol. The van der Waals surface area contributed by atoms with Gasteiger partial charge in [-0.15, -0.1) is 13.2 Å². The number of hydrogen-bond donors (Lipinski definition) is 1. The minimum absolute atomic E-state index is 0.0272. The Morgan fingerprint density at radius 2 is 1.62 bits per heavy atom. The molecule has 9 nitrogen and oxygen atoms in total. The molecule has 1 aromatic heterocycles. The molecule has 1 saturated heterocycles. The smallest absolute Gasteiger partial charge is 0.497 e. The molecule has 2 N–H and O–H groups in total. The van der Waals surface area contributed by atoms with E-state index in [0.29, 0.717) is 48.7 Å². The molecule has 2 aromatic carbocycles. The lowest BCUT2D eigenvalue weighted by Crippen LogP contribution is -2.50. The quantitative estimate of drug-likeness (QED) is 0.403. The van der Waals surface area contributed by atoms with Crippen molar-refractivity contribution in [3.05, 3.63) is 82.7 Å². The molecule has 1 fully saturated rings. The number of Topliss-reactive ketones (excluding diaryl/α,β-unsaturated/α-hetero) is 1. The van der Waals surface area contributed by atoms with Crippen molar-refractivity contribution in [1.29, 1.82) is 0 Å². The maximum absolute atomic E-state index is 13.4. The maximum Gasteiger partial charge on any atom is 0.573 e. The fourth-order valence-electron chi connectivity index (χ4n) is 4.66. The standard InChI is InChI=1S/C28H29F3N4O5/c1-18-23(26(32)37)15-24(35(18)16-19-4-3-5-22(14-19)40-28(29,30)31)25(36)17-33-10-12-34(13-11-33)27(38)20-6-8-21(39-2)9-7-20/h3-9,14-15H,10-13,16-17H2,1-2H3,(H2,32,37).